The lowest BCUT2D eigenvalue weighted by Crippen LogP contribution is -2.30. The van der Waals surface area contributed by atoms with E-state index in [9.17, 15) is 0 Å². The van der Waals surface area contributed by atoms with Gasteiger partial charge < -0.3 is 15.8 Å². The van der Waals surface area contributed by atoms with Crippen LogP contribution in [0.1, 0.15) is 24.8 Å². The number of benzene rings is 1. The van der Waals surface area contributed by atoms with Gasteiger partial charge in [0.25, 0.3) is 0 Å². The summed E-state index contributed by atoms with van der Waals surface area (Å²) in [5, 5.41) is 3.47. The van der Waals surface area contributed by atoms with Gasteiger partial charge in [-0.2, -0.15) is 0 Å². The summed E-state index contributed by atoms with van der Waals surface area (Å²) >= 11 is 0. The number of ether oxygens (including phenoxy) is 1. The largest absolute Gasteiger partial charge is 0.494 e. The number of hydrogen-bond donors (Lipinski definition) is 2. The Labute approximate surface area is 110 Å². The van der Waals surface area contributed by atoms with Gasteiger partial charge in [0, 0.05) is 0 Å². The van der Waals surface area contributed by atoms with Gasteiger partial charge >= 0.3 is 0 Å². The Morgan fingerprint density at radius 2 is 2.33 bits per heavy atom. The second-order valence-corrected chi connectivity index (χ2v) is 5.05. The predicted octanol–water partition coefficient (Wildman–Crippen LogP) is 1.96. The lowest BCUT2D eigenvalue weighted by molar-refractivity contribution is 0.312. The zero-order chi connectivity index (χ0) is 12.6. The van der Waals surface area contributed by atoms with Crippen LogP contribution in [-0.4, -0.2) is 26.2 Å². The van der Waals surface area contributed by atoms with Gasteiger partial charge in [0.2, 0.25) is 0 Å². The van der Waals surface area contributed by atoms with Crippen molar-refractivity contribution in [3.63, 3.8) is 0 Å². The molecule has 0 amide bonds. The van der Waals surface area contributed by atoms with Gasteiger partial charge in [-0.15, -0.1) is 0 Å². The van der Waals surface area contributed by atoms with Crippen molar-refractivity contribution in [3.05, 3.63) is 29.8 Å². The molecule has 0 aromatic heterocycles. The maximum Gasteiger partial charge on any atom is 0.119 e. The highest BCUT2D eigenvalue weighted by molar-refractivity contribution is 5.28. The summed E-state index contributed by atoms with van der Waals surface area (Å²) in [6.07, 6.45) is 4.71. The second kappa shape index (κ2) is 7.39. The molecule has 1 fully saturated rings. The third-order valence-corrected chi connectivity index (χ3v) is 3.44. The van der Waals surface area contributed by atoms with Crippen LogP contribution < -0.4 is 15.8 Å². The summed E-state index contributed by atoms with van der Waals surface area (Å²) in [6.45, 7) is 3.73. The Bertz CT molecular complexity index is 348. The van der Waals surface area contributed by atoms with Crippen LogP contribution in [0, 0.1) is 5.92 Å². The average molecular weight is 248 g/mol. The third-order valence-electron chi connectivity index (χ3n) is 3.44. The highest BCUT2D eigenvalue weighted by Crippen LogP contribution is 2.20. The molecule has 3 heteroatoms. The van der Waals surface area contributed by atoms with Crippen LogP contribution in [0.15, 0.2) is 24.3 Å². The summed E-state index contributed by atoms with van der Waals surface area (Å²) in [7, 11) is 0. The van der Waals surface area contributed by atoms with E-state index in [4.69, 9.17) is 10.5 Å². The van der Waals surface area contributed by atoms with E-state index < -0.39 is 0 Å². The van der Waals surface area contributed by atoms with Crippen molar-refractivity contribution in [1.29, 1.82) is 0 Å². The fourth-order valence-corrected chi connectivity index (χ4v) is 2.47. The first kappa shape index (κ1) is 13.4. The van der Waals surface area contributed by atoms with E-state index in [2.05, 4.69) is 23.5 Å². The molecular formula is C15H24N2O. The van der Waals surface area contributed by atoms with E-state index in [-0.39, 0.29) is 0 Å². The third kappa shape index (κ3) is 4.31. The highest BCUT2D eigenvalue weighted by Gasteiger charge is 2.13. The van der Waals surface area contributed by atoms with Gasteiger partial charge in [-0.05, 0) is 68.9 Å². The van der Waals surface area contributed by atoms with E-state index in [0.29, 0.717) is 13.2 Å². The number of nitrogens with one attached hydrogen (secondary N) is 1. The van der Waals surface area contributed by atoms with Crippen molar-refractivity contribution in [1.82, 2.24) is 5.32 Å². The number of nitrogens with two attached hydrogens (primary N) is 1. The summed E-state index contributed by atoms with van der Waals surface area (Å²) in [4.78, 5) is 0. The van der Waals surface area contributed by atoms with Crippen LogP contribution in [0.5, 0.6) is 5.75 Å². The zero-order valence-corrected chi connectivity index (χ0v) is 11.0. The SMILES string of the molecule is NCCCOc1cccc(CC2CCCNC2)c1. The molecule has 1 aliphatic rings. The minimum absolute atomic E-state index is 0.688. The van der Waals surface area contributed by atoms with Crippen molar-refractivity contribution in [2.75, 3.05) is 26.2 Å². The van der Waals surface area contributed by atoms with Crippen molar-refractivity contribution < 1.29 is 4.74 Å². The molecular weight excluding hydrogens is 224 g/mol. The second-order valence-electron chi connectivity index (χ2n) is 5.05. The van der Waals surface area contributed by atoms with Gasteiger partial charge in [-0.25, -0.2) is 0 Å². The standard InChI is InChI=1S/C15H24N2O/c16-7-3-9-18-15-6-1-4-13(11-15)10-14-5-2-8-17-12-14/h1,4,6,11,14,17H,2-3,5,7-10,12,16H2. The molecule has 18 heavy (non-hydrogen) atoms. The minimum atomic E-state index is 0.688. The smallest absolute Gasteiger partial charge is 0.119 e. The molecule has 1 heterocycles. The summed E-state index contributed by atoms with van der Waals surface area (Å²) in [6, 6.07) is 8.48. The molecule has 1 saturated heterocycles. The first-order valence-electron chi connectivity index (χ1n) is 7.01. The Kier molecular flexibility index (Phi) is 5.49. The summed E-state index contributed by atoms with van der Waals surface area (Å²) < 4.78 is 5.68. The lowest BCUT2D eigenvalue weighted by Gasteiger charge is -2.22. The highest BCUT2D eigenvalue weighted by atomic mass is 16.5. The van der Waals surface area contributed by atoms with Crippen molar-refractivity contribution in [2.24, 2.45) is 11.7 Å². The van der Waals surface area contributed by atoms with Gasteiger partial charge in [0.15, 0.2) is 0 Å². The maximum atomic E-state index is 5.68. The molecule has 0 aliphatic carbocycles. The van der Waals surface area contributed by atoms with Crippen LogP contribution in [0.2, 0.25) is 0 Å². The van der Waals surface area contributed by atoms with Gasteiger partial charge in [0.05, 0.1) is 6.61 Å². The molecule has 0 spiro atoms. The van der Waals surface area contributed by atoms with Crippen LogP contribution in [-0.2, 0) is 6.42 Å². The van der Waals surface area contributed by atoms with Gasteiger partial charge in [-0.3, -0.25) is 0 Å². The molecule has 1 aromatic carbocycles. The van der Waals surface area contributed by atoms with E-state index in [0.717, 1.165) is 31.1 Å². The Balaban J connectivity index is 1.85. The molecule has 0 radical (unpaired) electrons. The Hall–Kier alpha value is -1.06. The fraction of sp³-hybridized carbons (Fsp3) is 0.600. The van der Waals surface area contributed by atoms with Crippen molar-refractivity contribution in [3.8, 4) is 5.75 Å². The van der Waals surface area contributed by atoms with Crippen LogP contribution >= 0.6 is 0 Å². The molecule has 3 nitrogen and oxygen atoms in total. The van der Waals surface area contributed by atoms with E-state index in [1.54, 1.807) is 0 Å². The van der Waals surface area contributed by atoms with E-state index in [1.165, 1.54) is 24.9 Å². The molecule has 1 aromatic rings. The van der Waals surface area contributed by atoms with Crippen molar-refractivity contribution in [2.45, 2.75) is 25.7 Å². The maximum absolute atomic E-state index is 5.68. The Morgan fingerprint density at radius 1 is 1.39 bits per heavy atom. The number of hydrogen-bond acceptors (Lipinski definition) is 3. The quantitative estimate of drug-likeness (QED) is 0.757. The van der Waals surface area contributed by atoms with Gasteiger partial charge in [-0.1, -0.05) is 12.1 Å². The minimum Gasteiger partial charge on any atom is -0.494 e. The first-order valence-corrected chi connectivity index (χ1v) is 7.01. The van der Waals surface area contributed by atoms with Crippen LogP contribution in [0.3, 0.4) is 0 Å². The van der Waals surface area contributed by atoms with Crippen LogP contribution in [0.4, 0.5) is 0 Å². The van der Waals surface area contributed by atoms with Gasteiger partial charge in [0.1, 0.15) is 5.75 Å². The fourth-order valence-electron chi connectivity index (χ4n) is 2.47. The monoisotopic (exact) mass is 248 g/mol. The molecule has 1 atom stereocenters. The number of piperidine rings is 1. The Morgan fingerprint density at radius 3 is 3.11 bits per heavy atom. The molecule has 3 N–H and O–H groups in total. The molecule has 1 aliphatic heterocycles. The normalized spacial score (nSPS) is 19.7. The first-order chi connectivity index (χ1) is 8.88. The molecule has 0 saturated carbocycles. The van der Waals surface area contributed by atoms with E-state index >= 15 is 0 Å². The summed E-state index contributed by atoms with van der Waals surface area (Å²) in [5.74, 6) is 1.75. The van der Waals surface area contributed by atoms with Crippen LogP contribution in [0.25, 0.3) is 0 Å². The molecule has 0 bridgehead atoms. The average Bonchev–Trinajstić information content (AvgIpc) is 2.41. The van der Waals surface area contributed by atoms with Crippen molar-refractivity contribution >= 4 is 0 Å². The molecule has 2 rings (SSSR count). The zero-order valence-electron chi connectivity index (χ0n) is 11.0. The lowest BCUT2D eigenvalue weighted by atomic mass is 9.92. The molecule has 100 valence electrons. The molecule has 1 unspecified atom stereocenters. The van der Waals surface area contributed by atoms with E-state index in [1.807, 2.05) is 6.07 Å². The topological polar surface area (TPSA) is 47.3 Å². The predicted molar refractivity (Wildman–Crippen MR) is 74.9 cm³/mol. The number of rotatable bonds is 6. The summed E-state index contributed by atoms with van der Waals surface area (Å²) in [5.41, 5.74) is 6.84.